The van der Waals surface area contributed by atoms with Crippen LogP contribution in [-0.2, 0) is 0 Å². The number of hydrogen-bond donors (Lipinski definition) is 0. The molecule has 0 N–H and O–H groups in total. The van der Waals surface area contributed by atoms with Gasteiger partial charge in [0.15, 0.2) is 0 Å². The second kappa shape index (κ2) is 7.88. The van der Waals surface area contributed by atoms with Gasteiger partial charge in [0, 0.05) is 23.5 Å². The quantitative estimate of drug-likeness (QED) is 0.459. The first-order valence-electron chi connectivity index (χ1n) is 9.20. The third-order valence-corrected chi connectivity index (χ3v) is 4.38. The van der Waals surface area contributed by atoms with E-state index in [2.05, 4.69) is 40.3 Å². The summed E-state index contributed by atoms with van der Waals surface area (Å²) in [4.78, 5) is 17.7. The summed E-state index contributed by atoms with van der Waals surface area (Å²) in [6.45, 7) is 0. The van der Waals surface area contributed by atoms with Gasteiger partial charge in [0.2, 0.25) is 11.6 Å². The van der Waals surface area contributed by atoms with Crippen LogP contribution < -0.4 is 0 Å². The fourth-order valence-electron chi connectivity index (χ4n) is 2.90. The van der Waals surface area contributed by atoms with Crippen molar-refractivity contribution in [3.8, 4) is 45.6 Å². The molecule has 0 atom stereocenters. The number of rotatable bonds is 4. The summed E-state index contributed by atoms with van der Waals surface area (Å²) in [5.74, 6) is 0.967. The van der Waals surface area contributed by atoms with Crippen LogP contribution in [0.3, 0.4) is 0 Å². The van der Waals surface area contributed by atoms with Gasteiger partial charge in [0.05, 0.1) is 23.8 Å². The minimum atomic E-state index is 0.483. The van der Waals surface area contributed by atoms with Gasteiger partial charge in [-0.15, -0.1) is 10.2 Å². The van der Waals surface area contributed by atoms with Crippen LogP contribution >= 0.6 is 0 Å². The predicted molar refractivity (Wildman–Crippen MR) is 111 cm³/mol. The maximum absolute atomic E-state index is 4.59. The molecule has 0 aliphatic heterocycles. The summed E-state index contributed by atoms with van der Waals surface area (Å²) >= 11 is 0. The van der Waals surface area contributed by atoms with Crippen LogP contribution in [0.1, 0.15) is 0 Å². The predicted octanol–water partition coefficient (Wildman–Crippen LogP) is 3.51. The van der Waals surface area contributed by atoms with Gasteiger partial charge in [-0.25, -0.2) is 9.97 Å². The Morgan fingerprint density at radius 1 is 0.467 bits per heavy atom. The highest BCUT2D eigenvalue weighted by Crippen LogP contribution is 2.24. The fraction of sp³-hybridized carbons (Fsp3) is 0. The highest BCUT2D eigenvalue weighted by molar-refractivity contribution is 5.67. The largest absolute Gasteiger partial charge is 0.253 e. The van der Waals surface area contributed by atoms with Gasteiger partial charge in [-0.3, -0.25) is 9.97 Å². The molecule has 0 amide bonds. The van der Waals surface area contributed by atoms with Crippen LogP contribution in [0.5, 0.6) is 0 Å². The molecule has 4 heterocycles. The zero-order chi connectivity index (χ0) is 20.2. The van der Waals surface area contributed by atoms with Crippen molar-refractivity contribution < 1.29 is 0 Å². The van der Waals surface area contributed by atoms with Crippen LogP contribution in [0.4, 0.5) is 0 Å². The van der Waals surface area contributed by atoms with E-state index in [1.807, 2.05) is 60.7 Å². The number of benzene rings is 1. The van der Waals surface area contributed by atoms with Crippen molar-refractivity contribution in [2.75, 3.05) is 0 Å². The van der Waals surface area contributed by atoms with E-state index >= 15 is 0 Å². The molecule has 0 aliphatic carbocycles. The molecule has 142 valence electrons. The Labute approximate surface area is 171 Å². The monoisotopic (exact) mass is 390 g/mol. The lowest BCUT2D eigenvalue weighted by atomic mass is 10.1. The molecule has 4 aromatic heterocycles. The molecule has 8 nitrogen and oxygen atoms in total. The van der Waals surface area contributed by atoms with Crippen LogP contribution in [0.2, 0.25) is 0 Å². The van der Waals surface area contributed by atoms with Gasteiger partial charge in [-0.05, 0) is 24.3 Å². The van der Waals surface area contributed by atoms with E-state index < -0.39 is 0 Å². The smallest absolute Gasteiger partial charge is 0.200 e. The number of hydrogen-bond acceptors (Lipinski definition) is 8. The van der Waals surface area contributed by atoms with Crippen molar-refractivity contribution in [1.82, 2.24) is 40.3 Å². The molecule has 5 rings (SSSR count). The highest BCUT2D eigenvalue weighted by atomic mass is 15.2. The molecule has 5 aromatic rings. The van der Waals surface area contributed by atoms with Crippen molar-refractivity contribution in [1.29, 1.82) is 0 Å². The third kappa shape index (κ3) is 3.61. The van der Waals surface area contributed by atoms with E-state index in [9.17, 15) is 0 Å². The van der Waals surface area contributed by atoms with E-state index in [4.69, 9.17) is 0 Å². The van der Waals surface area contributed by atoms with Crippen LogP contribution in [0, 0.1) is 0 Å². The molecule has 1 aromatic carbocycles. The first kappa shape index (κ1) is 17.6. The van der Waals surface area contributed by atoms with E-state index in [1.54, 1.807) is 24.8 Å². The molecule has 0 radical (unpaired) electrons. The van der Waals surface area contributed by atoms with Gasteiger partial charge in [0.1, 0.15) is 11.4 Å². The molecule has 0 aliphatic rings. The lowest BCUT2D eigenvalue weighted by Crippen LogP contribution is -1.97. The SMILES string of the molecule is c1ccc(-c2nncc(-c3ccc(-c4cnnc(-c5ccccn5)n4)cc3)n2)nc1. The minimum Gasteiger partial charge on any atom is -0.253 e. The molecule has 30 heavy (non-hydrogen) atoms. The Hall–Kier alpha value is -4.46. The molecular formula is C22H14N8. The van der Waals surface area contributed by atoms with E-state index in [1.165, 1.54) is 0 Å². The lowest BCUT2D eigenvalue weighted by molar-refractivity contribution is 0.973. The number of nitrogens with zero attached hydrogens (tertiary/aromatic N) is 8. The Kier molecular flexibility index (Phi) is 4.63. The second-order valence-corrected chi connectivity index (χ2v) is 6.34. The summed E-state index contributed by atoms with van der Waals surface area (Å²) in [5, 5.41) is 16.3. The van der Waals surface area contributed by atoms with Crippen molar-refractivity contribution in [3.05, 3.63) is 85.5 Å². The maximum Gasteiger partial charge on any atom is 0.200 e. The van der Waals surface area contributed by atoms with Gasteiger partial charge < -0.3 is 0 Å². The normalized spacial score (nSPS) is 10.7. The van der Waals surface area contributed by atoms with Crippen LogP contribution in [0.15, 0.2) is 85.5 Å². The first-order valence-corrected chi connectivity index (χ1v) is 9.20. The Morgan fingerprint density at radius 2 is 0.933 bits per heavy atom. The summed E-state index contributed by atoms with van der Waals surface area (Å²) in [5.41, 5.74) is 4.62. The van der Waals surface area contributed by atoms with Crippen LogP contribution in [-0.4, -0.2) is 40.3 Å². The summed E-state index contributed by atoms with van der Waals surface area (Å²) in [6.07, 6.45) is 6.67. The second-order valence-electron chi connectivity index (χ2n) is 6.34. The van der Waals surface area contributed by atoms with E-state index in [0.29, 0.717) is 34.4 Å². The number of aromatic nitrogens is 8. The van der Waals surface area contributed by atoms with Gasteiger partial charge in [-0.2, -0.15) is 10.2 Å². The van der Waals surface area contributed by atoms with Crippen molar-refractivity contribution in [2.45, 2.75) is 0 Å². The van der Waals surface area contributed by atoms with Gasteiger partial charge in [0.25, 0.3) is 0 Å². The number of pyridine rings is 2. The summed E-state index contributed by atoms with van der Waals surface area (Å²) in [7, 11) is 0. The summed E-state index contributed by atoms with van der Waals surface area (Å²) < 4.78 is 0. The zero-order valence-electron chi connectivity index (χ0n) is 15.7. The van der Waals surface area contributed by atoms with Crippen molar-refractivity contribution in [2.24, 2.45) is 0 Å². The lowest BCUT2D eigenvalue weighted by Gasteiger charge is -2.05. The van der Waals surface area contributed by atoms with Crippen molar-refractivity contribution in [3.63, 3.8) is 0 Å². The topological polar surface area (TPSA) is 103 Å². The average Bonchev–Trinajstić information content (AvgIpc) is 2.85. The molecule has 0 spiro atoms. The fourth-order valence-corrected chi connectivity index (χ4v) is 2.90. The van der Waals surface area contributed by atoms with Crippen molar-refractivity contribution >= 4 is 0 Å². The molecule has 8 heteroatoms. The van der Waals surface area contributed by atoms with Gasteiger partial charge >= 0.3 is 0 Å². The highest BCUT2D eigenvalue weighted by Gasteiger charge is 2.09. The molecule has 0 bridgehead atoms. The van der Waals surface area contributed by atoms with Gasteiger partial charge in [-0.1, -0.05) is 36.4 Å². The van der Waals surface area contributed by atoms with E-state index in [0.717, 1.165) is 11.1 Å². The Balaban J connectivity index is 1.44. The average molecular weight is 390 g/mol. The standard InChI is InChI=1S/C22H14N8/c1-3-11-23-17(5-1)21-27-19(13-25-29-21)15-7-9-16(10-8-15)20-14-26-30-22(28-20)18-6-2-4-12-24-18/h1-14H. The first-order chi connectivity index (χ1) is 14.9. The Morgan fingerprint density at radius 3 is 1.33 bits per heavy atom. The zero-order valence-corrected chi connectivity index (χ0v) is 15.7. The van der Waals surface area contributed by atoms with E-state index in [-0.39, 0.29) is 0 Å². The molecule has 0 fully saturated rings. The minimum absolute atomic E-state index is 0.483. The molecule has 0 saturated heterocycles. The summed E-state index contributed by atoms with van der Waals surface area (Å²) in [6, 6.07) is 19.0. The maximum atomic E-state index is 4.59. The van der Waals surface area contributed by atoms with Crippen LogP contribution in [0.25, 0.3) is 45.6 Å². The molecular weight excluding hydrogens is 376 g/mol. The third-order valence-electron chi connectivity index (χ3n) is 4.38. The molecule has 0 saturated carbocycles. The molecule has 0 unspecified atom stereocenters. The Bertz CT molecular complexity index is 1170.